The maximum Gasteiger partial charge on any atom is 0.243 e. The lowest BCUT2D eigenvalue weighted by molar-refractivity contribution is -0.114. The Morgan fingerprint density at radius 3 is 2.44 bits per heavy atom. The molecule has 0 atom stereocenters. The molecule has 2 heterocycles. The highest BCUT2D eigenvalue weighted by Gasteiger charge is 2.01. The number of hydrogen-bond acceptors (Lipinski definition) is 5. The molecule has 0 unspecified atom stereocenters. The molecule has 2 rings (SSSR count). The average Bonchev–Trinajstić information content (AvgIpc) is 2.89. The van der Waals surface area contributed by atoms with E-state index in [9.17, 15) is 9.59 Å². The number of amides is 1. The first-order valence-corrected chi connectivity index (χ1v) is 5.06. The third-order valence-corrected chi connectivity index (χ3v) is 1.74. The Kier molecular flexibility index (Phi) is 4.61. The largest absolute Gasteiger partial charge is 0.396 e. The summed E-state index contributed by atoms with van der Waals surface area (Å²) in [7, 11) is 0. The Hall–Kier alpha value is -2.64. The number of hydrogen-bond donors (Lipinski definition) is 3. The van der Waals surface area contributed by atoms with Crippen molar-refractivity contribution in [2.24, 2.45) is 0 Å². The maximum atomic E-state index is 10.7. The lowest BCUT2D eigenvalue weighted by Crippen LogP contribution is -2.06. The summed E-state index contributed by atoms with van der Waals surface area (Å²) < 4.78 is 1.16. The number of anilines is 2. The van der Waals surface area contributed by atoms with Crippen LogP contribution in [0.3, 0.4) is 0 Å². The first-order valence-electron chi connectivity index (χ1n) is 5.06. The monoisotopic (exact) mass is 250 g/mol. The van der Waals surface area contributed by atoms with Gasteiger partial charge in [-0.05, 0) is 0 Å². The number of aromatic nitrogens is 4. The van der Waals surface area contributed by atoms with Crippen LogP contribution in [0.1, 0.15) is 18.6 Å². The lowest BCUT2D eigenvalue weighted by atomic mass is 10.5. The predicted molar refractivity (Wildman–Crippen MR) is 65.8 cm³/mol. The molecule has 4 N–H and O–H groups in total. The number of nitrogens with one attached hydrogen (secondary N) is 2. The van der Waals surface area contributed by atoms with Gasteiger partial charge in [-0.3, -0.25) is 14.7 Å². The fourth-order valence-corrected chi connectivity index (χ4v) is 1.02. The number of nitrogens with two attached hydrogens (primary N) is 1. The molecule has 18 heavy (non-hydrogen) atoms. The van der Waals surface area contributed by atoms with Gasteiger partial charge in [-0.1, -0.05) is 0 Å². The molecular weight excluding hydrogens is 236 g/mol. The van der Waals surface area contributed by atoms with Crippen LogP contribution in [0.2, 0.25) is 0 Å². The van der Waals surface area contributed by atoms with E-state index in [-0.39, 0.29) is 11.8 Å². The van der Waals surface area contributed by atoms with Crippen molar-refractivity contribution in [2.75, 3.05) is 11.1 Å². The van der Waals surface area contributed by atoms with Crippen molar-refractivity contribution in [3.05, 3.63) is 24.8 Å². The van der Waals surface area contributed by atoms with Crippen LogP contribution >= 0.6 is 0 Å². The van der Waals surface area contributed by atoms with Crippen molar-refractivity contribution in [3.8, 4) is 0 Å². The number of H-pyrrole nitrogens is 1. The summed E-state index contributed by atoms with van der Waals surface area (Å²) in [5.74, 6) is -0.371. The number of nitrogen functional groups attached to an aromatic ring is 1. The molecule has 0 saturated heterocycles. The summed E-state index contributed by atoms with van der Waals surface area (Å²) in [6.45, 7) is 2.79. The molecule has 0 fully saturated rings. The third-order valence-electron chi connectivity index (χ3n) is 1.74. The zero-order valence-electron chi connectivity index (χ0n) is 10.0. The van der Waals surface area contributed by atoms with E-state index in [1.54, 1.807) is 12.4 Å². The molecule has 0 radical (unpaired) electrons. The van der Waals surface area contributed by atoms with Gasteiger partial charge in [0.05, 0.1) is 30.0 Å². The minimum Gasteiger partial charge on any atom is -0.396 e. The van der Waals surface area contributed by atoms with Crippen molar-refractivity contribution in [2.45, 2.75) is 13.8 Å². The summed E-state index contributed by atoms with van der Waals surface area (Å²) in [6.07, 6.45) is 6.06. The summed E-state index contributed by atoms with van der Waals surface area (Å²) in [6, 6.07) is 0. The normalized spacial score (nSPS) is 9.22. The van der Waals surface area contributed by atoms with Crippen LogP contribution in [0.25, 0.3) is 0 Å². The van der Waals surface area contributed by atoms with E-state index in [2.05, 4.69) is 20.6 Å². The van der Waals surface area contributed by atoms with E-state index in [0.717, 1.165) is 4.68 Å². The fourth-order valence-electron chi connectivity index (χ4n) is 1.02. The van der Waals surface area contributed by atoms with Gasteiger partial charge in [0.2, 0.25) is 11.8 Å². The standard InChI is InChI=1S/C7H9N3O2.C3H5N3/c1-5(11)9-7-3-8-10(4-7)6(2)12;4-3-1-5-6-2-3/h3-4H,1-2H3,(H,9,11);1-2H,4H2,(H,5,6). The number of nitrogens with zero attached hydrogens (tertiary/aromatic N) is 3. The molecule has 0 aromatic carbocycles. The molecule has 0 saturated carbocycles. The Morgan fingerprint density at radius 1 is 1.39 bits per heavy atom. The first-order chi connectivity index (χ1) is 8.49. The van der Waals surface area contributed by atoms with Gasteiger partial charge >= 0.3 is 0 Å². The third kappa shape index (κ3) is 4.47. The van der Waals surface area contributed by atoms with Crippen LogP contribution < -0.4 is 11.1 Å². The van der Waals surface area contributed by atoms with Crippen LogP contribution in [0.5, 0.6) is 0 Å². The topological polar surface area (TPSA) is 119 Å². The van der Waals surface area contributed by atoms with Crippen molar-refractivity contribution >= 4 is 23.2 Å². The van der Waals surface area contributed by atoms with Gasteiger partial charge in [0.15, 0.2) is 0 Å². The highest BCUT2D eigenvalue weighted by atomic mass is 16.2. The molecule has 0 bridgehead atoms. The van der Waals surface area contributed by atoms with Crippen LogP contribution in [0.4, 0.5) is 11.4 Å². The van der Waals surface area contributed by atoms with Crippen molar-refractivity contribution in [1.29, 1.82) is 0 Å². The van der Waals surface area contributed by atoms with E-state index >= 15 is 0 Å². The molecule has 0 spiro atoms. The SMILES string of the molecule is CC(=O)Nc1cnn(C(C)=O)c1.Nc1cn[nH]c1. The molecule has 1 amide bonds. The van der Waals surface area contributed by atoms with Gasteiger partial charge in [-0.15, -0.1) is 0 Å². The predicted octanol–water partition coefficient (Wildman–Crippen LogP) is 0.493. The summed E-state index contributed by atoms with van der Waals surface area (Å²) in [5, 5.41) is 12.4. The summed E-state index contributed by atoms with van der Waals surface area (Å²) >= 11 is 0. The quantitative estimate of drug-likeness (QED) is 0.680. The second-order valence-electron chi connectivity index (χ2n) is 3.41. The van der Waals surface area contributed by atoms with E-state index in [0.29, 0.717) is 11.4 Å². The molecule has 0 aliphatic carbocycles. The maximum absolute atomic E-state index is 10.7. The highest BCUT2D eigenvalue weighted by Crippen LogP contribution is 2.03. The van der Waals surface area contributed by atoms with Gasteiger partial charge in [0, 0.05) is 20.0 Å². The van der Waals surface area contributed by atoms with E-state index in [4.69, 9.17) is 5.73 Å². The second kappa shape index (κ2) is 6.18. The van der Waals surface area contributed by atoms with Crippen LogP contribution in [-0.4, -0.2) is 31.8 Å². The molecule has 0 aliphatic heterocycles. The number of carbonyl (C=O) groups excluding carboxylic acids is 2. The minimum atomic E-state index is -0.188. The fraction of sp³-hybridized carbons (Fsp3) is 0.200. The van der Waals surface area contributed by atoms with Crippen molar-refractivity contribution in [1.82, 2.24) is 20.0 Å². The van der Waals surface area contributed by atoms with E-state index in [1.165, 1.54) is 26.2 Å². The van der Waals surface area contributed by atoms with Gasteiger partial charge in [0.25, 0.3) is 0 Å². The van der Waals surface area contributed by atoms with Gasteiger partial charge in [0.1, 0.15) is 0 Å². The molecule has 8 heteroatoms. The summed E-state index contributed by atoms with van der Waals surface area (Å²) in [4.78, 5) is 21.3. The van der Waals surface area contributed by atoms with E-state index < -0.39 is 0 Å². The van der Waals surface area contributed by atoms with Crippen molar-refractivity contribution in [3.63, 3.8) is 0 Å². The second-order valence-corrected chi connectivity index (χ2v) is 3.41. The molecular formula is C10H14N6O2. The summed E-state index contributed by atoms with van der Waals surface area (Å²) in [5.41, 5.74) is 6.39. The van der Waals surface area contributed by atoms with Crippen LogP contribution in [0, 0.1) is 0 Å². The van der Waals surface area contributed by atoms with Crippen molar-refractivity contribution < 1.29 is 9.59 Å². The van der Waals surface area contributed by atoms with Crippen LogP contribution in [-0.2, 0) is 4.79 Å². The Morgan fingerprint density at radius 2 is 2.11 bits per heavy atom. The lowest BCUT2D eigenvalue weighted by Gasteiger charge is -1.93. The molecule has 0 aliphatic rings. The first kappa shape index (κ1) is 13.4. The molecule has 96 valence electrons. The van der Waals surface area contributed by atoms with Gasteiger partial charge in [-0.2, -0.15) is 10.2 Å². The minimum absolute atomic E-state index is 0.182. The Labute approximate surface area is 103 Å². The molecule has 8 nitrogen and oxygen atoms in total. The number of aromatic amines is 1. The number of carbonyl (C=O) groups is 2. The smallest absolute Gasteiger partial charge is 0.243 e. The van der Waals surface area contributed by atoms with Crippen LogP contribution in [0.15, 0.2) is 24.8 Å². The zero-order valence-corrected chi connectivity index (χ0v) is 10.0. The Balaban J connectivity index is 0.000000225. The van der Waals surface area contributed by atoms with Gasteiger partial charge in [-0.25, -0.2) is 4.68 Å². The Bertz CT molecular complexity index is 516. The highest BCUT2D eigenvalue weighted by molar-refractivity contribution is 5.88. The average molecular weight is 250 g/mol. The zero-order chi connectivity index (χ0) is 13.5. The molecule has 2 aromatic heterocycles. The molecule has 2 aromatic rings. The number of rotatable bonds is 1. The van der Waals surface area contributed by atoms with E-state index in [1.807, 2.05) is 0 Å². The van der Waals surface area contributed by atoms with Gasteiger partial charge < -0.3 is 11.1 Å².